The van der Waals surface area contributed by atoms with Crippen molar-refractivity contribution in [1.29, 1.82) is 0 Å². The Morgan fingerprint density at radius 1 is 1.47 bits per heavy atom. The Morgan fingerprint density at radius 3 is 3.06 bits per heavy atom. The number of aliphatic carboxylic acids is 1. The number of rotatable bonds is 5. The van der Waals surface area contributed by atoms with Crippen LogP contribution < -0.4 is 5.32 Å². The van der Waals surface area contributed by atoms with E-state index in [9.17, 15) is 4.79 Å². The molecule has 0 aliphatic heterocycles. The van der Waals surface area contributed by atoms with E-state index in [0.29, 0.717) is 17.4 Å². The van der Waals surface area contributed by atoms with E-state index in [4.69, 9.17) is 9.52 Å². The Morgan fingerprint density at radius 2 is 2.35 bits per heavy atom. The van der Waals surface area contributed by atoms with Crippen molar-refractivity contribution >= 4 is 11.9 Å². The van der Waals surface area contributed by atoms with Crippen LogP contribution in [0.4, 0.5) is 5.95 Å². The Hall–Kier alpha value is -2.37. The van der Waals surface area contributed by atoms with Crippen LogP contribution >= 0.6 is 0 Å². The first kappa shape index (κ1) is 11.1. The molecule has 2 aromatic heterocycles. The molecule has 0 unspecified atom stereocenters. The van der Waals surface area contributed by atoms with Gasteiger partial charge in [-0.05, 0) is 18.2 Å². The zero-order valence-electron chi connectivity index (χ0n) is 8.96. The first-order chi connectivity index (χ1) is 8.25. The highest BCUT2D eigenvalue weighted by Gasteiger charge is 2.04. The molecule has 0 amide bonds. The van der Waals surface area contributed by atoms with Gasteiger partial charge in [-0.2, -0.15) is 0 Å². The van der Waals surface area contributed by atoms with Crippen molar-refractivity contribution in [3.63, 3.8) is 0 Å². The van der Waals surface area contributed by atoms with Crippen molar-refractivity contribution in [3.8, 4) is 11.5 Å². The highest BCUT2D eigenvalue weighted by atomic mass is 16.4. The van der Waals surface area contributed by atoms with E-state index in [1.165, 1.54) is 0 Å². The zero-order valence-corrected chi connectivity index (χ0v) is 8.96. The Labute approximate surface area is 97.3 Å². The van der Waals surface area contributed by atoms with Crippen molar-refractivity contribution < 1.29 is 14.3 Å². The monoisotopic (exact) mass is 233 g/mol. The molecule has 0 atom stereocenters. The largest absolute Gasteiger partial charge is 0.481 e. The molecule has 0 aliphatic rings. The fourth-order valence-electron chi connectivity index (χ4n) is 1.29. The minimum absolute atomic E-state index is 0.0222. The Balaban J connectivity index is 2.04. The van der Waals surface area contributed by atoms with E-state index < -0.39 is 5.97 Å². The molecule has 2 aromatic rings. The molecule has 17 heavy (non-hydrogen) atoms. The molecule has 2 heterocycles. The molecule has 0 saturated heterocycles. The summed E-state index contributed by atoms with van der Waals surface area (Å²) < 4.78 is 5.21. The molecule has 6 nitrogen and oxygen atoms in total. The SMILES string of the molecule is O=C(O)CCNc1nccc(-c2ccco2)n1. The van der Waals surface area contributed by atoms with Crippen LogP contribution in [0.2, 0.25) is 0 Å². The summed E-state index contributed by atoms with van der Waals surface area (Å²) in [5, 5.41) is 11.3. The summed E-state index contributed by atoms with van der Waals surface area (Å²) in [4.78, 5) is 18.5. The molecular weight excluding hydrogens is 222 g/mol. The minimum Gasteiger partial charge on any atom is -0.481 e. The van der Waals surface area contributed by atoms with Gasteiger partial charge in [-0.15, -0.1) is 0 Å². The van der Waals surface area contributed by atoms with E-state index in [1.54, 1.807) is 30.7 Å². The third-order valence-corrected chi connectivity index (χ3v) is 2.05. The second-order valence-corrected chi connectivity index (χ2v) is 3.31. The van der Waals surface area contributed by atoms with Gasteiger partial charge in [0.1, 0.15) is 5.69 Å². The van der Waals surface area contributed by atoms with Gasteiger partial charge in [0.15, 0.2) is 5.76 Å². The number of aromatic nitrogens is 2. The molecule has 0 bridgehead atoms. The van der Waals surface area contributed by atoms with Crippen molar-refractivity contribution in [1.82, 2.24) is 9.97 Å². The van der Waals surface area contributed by atoms with Gasteiger partial charge in [0, 0.05) is 12.7 Å². The van der Waals surface area contributed by atoms with Gasteiger partial charge in [0.2, 0.25) is 5.95 Å². The van der Waals surface area contributed by atoms with Gasteiger partial charge in [-0.1, -0.05) is 0 Å². The predicted octanol–water partition coefficient (Wildman–Crippen LogP) is 1.62. The van der Waals surface area contributed by atoms with E-state index >= 15 is 0 Å². The van der Waals surface area contributed by atoms with Crippen molar-refractivity contribution in [3.05, 3.63) is 30.7 Å². The molecule has 6 heteroatoms. The normalized spacial score (nSPS) is 10.1. The van der Waals surface area contributed by atoms with Crippen LogP contribution in [0.1, 0.15) is 6.42 Å². The van der Waals surface area contributed by atoms with Crippen molar-refractivity contribution in [2.24, 2.45) is 0 Å². The third kappa shape index (κ3) is 3.04. The number of hydrogen-bond donors (Lipinski definition) is 2. The third-order valence-electron chi connectivity index (χ3n) is 2.05. The van der Waals surface area contributed by atoms with E-state index in [-0.39, 0.29) is 13.0 Å². The molecule has 0 aliphatic carbocycles. The summed E-state index contributed by atoms with van der Waals surface area (Å²) >= 11 is 0. The summed E-state index contributed by atoms with van der Waals surface area (Å²) in [6.07, 6.45) is 3.18. The summed E-state index contributed by atoms with van der Waals surface area (Å²) in [6.45, 7) is 0.289. The summed E-state index contributed by atoms with van der Waals surface area (Å²) in [5.74, 6) is 0.175. The van der Waals surface area contributed by atoms with Crippen molar-refractivity contribution in [2.75, 3.05) is 11.9 Å². The summed E-state index contributed by atoms with van der Waals surface area (Å²) in [7, 11) is 0. The molecule has 0 fully saturated rings. The number of hydrogen-bond acceptors (Lipinski definition) is 5. The lowest BCUT2D eigenvalue weighted by molar-refractivity contribution is -0.136. The molecule has 88 valence electrons. The number of carboxylic acids is 1. The quantitative estimate of drug-likeness (QED) is 0.815. The van der Waals surface area contributed by atoms with Crippen LogP contribution in [-0.2, 0) is 4.79 Å². The zero-order chi connectivity index (χ0) is 12.1. The predicted molar refractivity (Wildman–Crippen MR) is 60.5 cm³/mol. The lowest BCUT2D eigenvalue weighted by Gasteiger charge is -2.03. The van der Waals surface area contributed by atoms with E-state index in [0.717, 1.165) is 0 Å². The summed E-state index contributed by atoms with van der Waals surface area (Å²) in [6, 6.07) is 5.29. The van der Waals surface area contributed by atoms with Crippen LogP contribution in [0.25, 0.3) is 11.5 Å². The number of carboxylic acid groups (broad SMARTS) is 1. The molecule has 2 N–H and O–H groups in total. The van der Waals surface area contributed by atoms with Gasteiger partial charge in [-0.3, -0.25) is 4.79 Å². The second-order valence-electron chi connectivity index (χ2n) is 3.31. The van der Waals surface area contributed by atoms with Gasteiger partial charge in [0.25, 0.3) is 0 Å². The number of nitrogens with zero attached hydrogens (tertiary/aromatic N) is 2. The minimum atomic E-state index is -0.861. The van der Waals surface area contributed by atoms with Crippen LogP contribution in [0.3, 0.4) is 0 Å². The topological polar surface area (TPSA) is 88.2 Å². The van der Waals surface area contributed by atoms with Crippen LogP contribution in [0.5, 0.6) is 0 Å². The van der Waals surface area contributed by atoms with Crippen LogP contribution in [0.15, 0.2) is 35.1 Å². The van der Waals surface area contributed by atoms with E-state index in [1.807, 2.05) is 0 Å². The Kier molecular flexibility index (Phi) is 3.34. The van der Waals surface area contributed by atoms with E-state index in [2.05, 4.69) is 15.3 Å². The lowest BCUT2D eigenvalue weighted by atomic mass is 10.3. The highest BCUT2D eigenvalue weighted by molar-refractivity contribution is 5.67. The summed E-state index contributed by atoms with van der Waals surface area (Å²) in [5.41, 5.74) is 0.655. The maximum atomic E-state index is 10.3. The maximum Gasteiger partial charge on any atom is 0.305 e. The smallest absolute Gasteiger partial charge is 0.305 e. The van der Waals surface area contributed by atoms with Gasteiger partial charge in [0.05, 0.1) is 12.7 Å². The molecule has 0 spiro atoms. The molecule has 0 aromatic carbocycles. The van der Waals surface area contributed by atoms with Gasteiger partial charge in [-0.25, -0.2) is 9.97 Å². The van der Waals surface area contributed by atoms with Crippen molar-refractivity contribution in [2.45, 2.75) is 6.42 Å². The maximum absolute atomic E-state index is 10.3. The highest BCUT2D eigenvalue weighted by Crippen LogP contribution is 2.17. The fourth-order valence-corrected chi connectivity index (χ4v) is 1.29. The van der Waals surface area contributed by atoms with Gasteiger partial charge >= 0.3 is 5.97 Å². The number of carbonyl (C=O) groups is 1. The number of nitrogens with one attached hydrogen (secondary N) is 1. The van der Waals surface area contributed by atoms with Gasteiger partial charge < -0.3 is 14.8 Å². The fraction of sp³-hybridized carbons (Fsp3) is 0.182. The number of furan rings is 1. The first-order valence-electron chi connectivity index (χ1n) is 5.08. The first-order valence-corrected chi connectivity index (χ1v) is 5.08. The average molecular weight is 233 g/mol. The molecular formula is C11H11N3O3. The second kappa shape index (κ2) is 5.11. The number of anilines is 1. The average Bonchev–Trinajstić information content (AvgIpc) is 2.82. The molecule has 0 radical (unpaired) electrons. The molecule has 2 rings (SSSR count). The van der Waals surface area contributed by atoms with Crippen LogP contribution in [0, 0.1) is 0 Å². The standard InChI is InChI=1S/C11H11N3O3/c15-10(16)4-6-13-11-12-5-3-8(14-11)9-2-1-7-17-9/h1-3,5,7H,4,6H2,(H,15,16)(H,12,13,14). The Bertz CT molecular complexity index is 496. The lowest BCUT2D eigenvalue weighted by Crippen LogP contribution is -2.09. The van der Waals surface area contributed by atoms with Crippen LogP contribution in [-0.4, -0.2) is 27.6 Å². The molecule has 0 saturated carbocycles.